The first kappa shape index (κ1) is 19.2. The van der Waals surface area contributed by atoms with Crippen LogP contribution < -0.4 is 5.32 Å². The van der Waals surface area contributed by atoms with Crippen molar-refractivity contribution < 1.29 is 13.9 Å². The molecule has 0 bridgehead atoms. The molecule has 0 aliphatic carbocycles. The molecule has 0 saturated carbocycles. The molecule has 1 saturated heterocycles. The van der Waals surface area contributed by atoms with Crippen LogP contribution in [0.1, 0.15) is 24.0 Å². The van der Waals surface area contributed by atoms with E-state index in [9.17, 15) is 9.18 Å². The van der Waals surface area contributed by atoms with Gasteiger partial charge in [0.25, 0.3) is 0 Å². The predicted molar refractivity (Wildman–Crippen MR) is 101 cm³/mol. The van der Waals surface area contributed by atoms with E-state index in [1.165, 1.54) is 6.07 Å². The summed E-state index contributed by atoms with van der Waals surface area (Å²) in [6, 6.07) is 11.8. The Balaban J connectivity index is 1.69. The van der Waals surface area contributed by atoms with E-state index in [0.29, 0.717) is 29.8 Å². The van der Waals surface area contributed by atoms with E-state index >= 15 is 0 Å². The molecule has 2 aromatic carbocycles. The highest BCUT2D eigenvalue weighted by molar-refractivity contribution is 6.42. The normalized spacial score (nSPS) is 16.3. The predicted octanol–water partition coefficient (Wildman–Crippen LogP) is 4.54. The number of carbonyl (C=O) groups is 1. The van der Waals surface area contributed by atoms with Crippen LogP contribution in [0.4, 0.5) is 4.39 Å². The Kier molecular flexibility index (Phi) is 6.17. The molecule has 0 spiro atoms. The van der Waals surface area contributed by atoms with Crippen LogP contribution in [0.25, 0.3) is 0 Å². The highest BCUT2D eigenvalue weighted by atomic mass is 35.5. The fourth-order valence-corrected chi connectivity index (χ4v) is 3.63. The molecule has 1 heterocycles. The van der Waals surface area contributed by atoms with Crippen molar-refractivity contribution >= 4 is 29.1 Å². The molecule has 6 heteroatoms. The zero-order valence-electron chi connectivity index (χ0n) is 14.2. The van der Waals surface area contributed by atoms with Crippen LogP contribution in [-0.2, 0) is 21.4 Å². The first-order valence-electron chi connectivity index (χ1n) is 8.53. The number of amides is 1. The zero-order valence-corrected chi connectivity index (χ0v) is 15.7. The topological polar surface area (TPSA) is 38.3 Å². The number of hydrogen-bond donors (Lipinski definition) is 1. The number of benzene rings is 2. The van der Waals surface area contributed by atoms with E-state index in [4.69, 9.17) is 27.9 Å². The SMILES string of the molecule is O=C(Cc1ccc(Cl)c(Cl)c1)NCC1(c2cccc(F)c2)CCOCC1. The van der Waals surface area contributed by atoms with Gasteiger partial charge in [-0.3, -0.25) is 4.79 Å². The summed E-state index contributed by atoms with van der Waals surface area (Å²) in [5.74, 6) is -0.374. The lowest BCUT2D eigenvalue weighted by molar-refractivity contribution is -0.120. The molecule has 0 aromatic heterocycles. The lowest BCUT2D eigenvalue weighted by Gasteiger charge is -2.38. The molecule has 3 nitrogen and oxygen atoms in total. The van der Waals surface area contributed by atoms with Gasteiger partial charge in [0.05, 0.1) is 16.5 Å². The Bertz CT molecular complexity index is 791. The average Bonchev–Trinajstić information content (AvgIpc) is 2.64. The number of carbonyl (C=O) groups excluding carboxylic acids is 1. The van der Waals surface area contributed by atoms with E-state index in [1.807, 2.05) is 6.07 Å². The van der Waals surface area contributed by atoms with Gasteiger partial charge in [0.1, 0.15) is 5.82 Å². The zero-order chi connectivity index (χ0) is 18.6. The molecule has 138 valence electrons. The van der Waals surface area contributed by atoms with Crippen LogP contribution in [-0.4, -0.2) is 25.7 Å². The number of nitrogens with one attached hydrogen (secondary N) is 1. The molecule has 1 fully saturated rings. The first-order valence-corrected chi connectivity index (χ1v) is 9.29. The maximum Gasteiger partial charge on any atom is 0.224 e. The third-order valence-electron chi connectivity index (χ3n) is 4.86. The van der Waals surface area contributed by atoms with Gasteiger partial charge < -0.3 is 10.1 Å². The van der Waals surface area contributed by atoms with Crippen molar-refractivity contribution in [1.82, 2.24) is 5.32 Å². The van der Waals surface area contributed by atoms with Gasteiger partial charge in [-0.05, 0) is 48.2 Å². The third-order valence-corrected chi connectivity index (χ3v) is 5.60. The van der Waals surface area contributed by atoms with Crippen molar-refractivity contribution in [2.45, 2.75) is 24.7 Å². The summed E-state index contributed by atoms with van der Waals surface area (Å²) in [4.78, 5) is 12.4. The monoisotopic (exact) mass is 395 g/mol. The quantitative estimate of drug-likeness (QED) is 0.806. The van der Waals surface area contributed by atoms with Gasteiger partial charge in [-0.25, -0.2) is 4.39 Å². The van der Waals surface area contributed by atoms with Gasteiger partial charge in [0.2, 0.25) is 5.91 Å². The fraction of sp³-hybridized carbons (Fsp3) is 0.350. The Hall–Kier alpha value is -1.62. The van der Waals surface area contributed by atoms with Crippen molar-refractivity contribution in [1.29, 1.82) is 0 Å². The molecule has 3 rings (SSSR count). The minimum Gasteiger partial charge on any atom is -0.381 e. The lowest BCUT2D eigenvalue weighted by Crippen LogP contribution is -2.45. The second-order valence-corrected chi connectivity index (χ2v) is 7.42. The molecule has 1 aliphatic heterocycles. The van der Waals surface area contributed by atoms with Crippen LogP contribution in [0, 0.1) is 5.82 Å². The molecule has 1 amide bonds. The molecule has 0 atom stereocenters. The summed E-state index contributed by atoms with van der Waals surface area (Å²) in [6.45, 7) is 1.64. The summed E-state index contributed by atoms with van der Waals surface area (Å²) in [5, 5.41) is 3.89. The first-order chi connectivity index (χ1) is 12.5. The fourth-order valence-electron chi connectivity index (χ4n) is 3.31. The molecule has 0 unspecified atom stereocenters. The van der Waals surface area contributed by atoms with Gasteiger partial charge in [0, 0.05) is 25.2 Å². The number of ether oxygens (including phenoxy) is 1. The second kappa shape index (κ2) is 8.38. The lowest BCUT2D eigenvalue weighted by atomic mass is 9.74. The van der Waals surface area contributed by atoms with E-state index in [0.717, 1.165) is 24.0 Å². The summed E-state index contributed by atoms with van der Waals surface area (Å²) in [5.41, 5.74) is 1.38. The average molecular weight is 396 g/mol. The van der Waals surface area contributed by atoms with Gasteiger partial charge in [0.15, 0.2) is 0 Å². The van der Waals surface area contributed by atoms with Crippen LogP contribution in [0.5, 0.6) is 0 Å². The molecule has 0 radical (unpaired) electrons. The maximum absolute atomic E-state index is 13.7. The molecule has 2 aromatic rings. The standard InChI is InChI=1S/C20H20Cl2FNO2/c21-17-5-4-14(10-18(17)22)11-19(25)24-13-20(6-8-26-9-7-20)15-2-1-3-16(23)12-15/h1-5,10,12H,6-9,11,13H2,(H,24,25). The van der Waals surface area contributed by atoms with Gasteiger partial charge in [-0.1, -0.05) is 41.4 Å². The minimum absolute atomic E-state index is 0.106. The smallest absolute Gasteiger partial charge is 0.224 e. The van der Waals surface area contributed by atoms with E-state index in [2.05, 4.69) is 5.32 Å². The van der Waals surface area contributed by atoms with E-state index in [1.54, 1.807) is 30.3 Å². The van der Waals surface area contributed by atoms with Crippen LogP contribution in [0.2, 0.25) is 10.0 Å². The summed E-state index contributed by atoms with van der Waals surface area (Å²) < 4.78 is 19.2. The van der Waals surface area contributed by atoms with E-state index < -0.39 is 0 Å². The minimum atomic E-state index is -0.312. The number of halogens is 3. The summed E-state index contributed by atoms with van der Waals surface area (Å²) in [6.07, 6.45) is 1.69. The second-order valence-electron chi connectivity index (χ2n) is 6.61. The van der Waals surface area contributed by atoms with Crippen LogP contribution in [0.3, 0.4) is 0 Å². The van der Waals surface area contributed by atoms with Crippen molar-refractivity contribution in [3.05, 3.63) is 69.5 Å². The highest BCUT2D eigenvalue weighted by Crippen LogP contribution is 2.34. The Labute approximate surface area is 162 Å². The molecular weight excluding hydrogens is 376 g/mol. The maximum atomic E-state index is 13.7. The molecule has 1 N–H and O–H groups in total. The Morgan fingerprint density at radius 3 is 2.58 bits per heavy atom. The highest BCUT2D eigenvalue weighted by Gasteiger charge is 2.35. The van der Waals surface area contributed by atoms with Crippen molar-refractivity contribution in [2.24, 2.45) is 0 Å². The van der Waals surface area contributed by atoms with Crippen LogP contribution in [0.15, 0.2) is 42.5 Å². The number of rotatable bonds is 5. The largest absolute Gasteiger partial charge is 0.381 e. The van der Waals surface area contributed by atoms with Crippen LogP contribution >= 0.6 is 23.2 Å². The van der Waals surface area contributed by atoms with Gasteiger partial charge in [-0.2, -0.15) is 0 Å². The number of hydrogen-bond acceptors (Lipinski definition) is 2. The van der Waals surface area contributed by atoms with Crippen molar-refractivity contribution in [2.75, 3.05) is 19.8 Å². The molecular formula is C20H20Cl2FNO2. The molecule has 1 aliphatic rings. The Morgan fingerprint density at radius 2 is 1.88 bits per heavy atom. The van der Waals surface area contributed by atoms with Gasteiger partial charge >= 0.3 is 0 Å². The molecule has 26 heavy (non-hydrogen) atoms. The summed E-state index contributed by atoms with van der Waals surface area (Å²) in [7, 11) is 0. The third kappa shape index (κ3) is 4.56. The van der Waals surface area contributed by atoms with Gasteiger partial charge in [-0.15, -0.1) is 0 Å². The Morgan fingerprint density at radius 1 is 1.12 bits per heavy atom. The summed E-state index contributed by atoms with van der Waals surface area (Å²) >= 11 is 11.9. The van der Waals surface area contributed by atoms with E-state index in [-0.39, 0.29) is 23.6 Å². The van der Waals surface area contributed by atoms with Crippen molar-refractivity contribution in [3.8, 4) is 0 Å². The van der Waals surface area contributed by atoms with Crippen molar-refractivity contribution in [3.63, 3.8) is 0 Å².